The molecule has 1 N–H and O–H groups in total. The number of amides is 1. The molecule has 1 aliphatic rings. The second-order valence-electron chi connectivity index (χ2n) is 7.38. The molecule has 0 spiro atoms. The fraction of sp³-hybridized carbons (Fsp3) is 0.474. The average Bonchev–Trinajstić information content (AvgIpc) is 3.12. The van der Waals surface area contributed by atoms with Crippen molar-refractivity contribution in [2.75, 3.05) is 5.32 Å². The molecule has 0 radical (unpaired) electrons. The first-order valence-corrected chi connectivity index (χ1v) is 9.36. The van der Waals surface area contributed by atoms with Gasteiger partial charge in [0.2, 0.25) is 0 Å². The molecule has 7 heteroatoms. The number of ether oxygens (including phenoxy) is 2. The number of hydrogen-bond acceptors (Lipinski definition) is 6. The summed E-state index contributed by atoms with van der Waals surface area (Å²) in [6.07, 6.45) is 1.87. The molecular weight excluding hydrogens is 354 g/mol. The van der Waals surface area contributed by atoms with E-state index in [0.29, 0.717) is 17.0 Å². The maximum absolute atomic E-state index is 12.9. The van der Waals surface area contributed by atoms with Crippen LogP contribution in [0.2, 0.25) is 0 Å². The zero-order valence-corrected chi connectivity index (χ0v) is 16.4. The summed E-state index contributed by atoms with van der Waals surface area (Å²) in [7, 11) is 0. The van der Waals surface area contributed by atoms with E-state index in [0.717, 1.165) is 10.4 Å². The predicted molar refractivity (Wildman–Crippen MR) is 98.8 cm³/mol. The maximum Gasteiger partial charge on any atom is 0.341 e. The Balaban J connectivity index is 2.01. The summed E-state index contributed by atoms with van der Waals surface area (Å²) in [5.74, 6) is -0.657. The molecule has 2 aromatic heterocycles. The van der Waals surface area contributed by atoms with Gasteiger partial charge >= 0.3 is 5.97 Å². The predicted octanol–water partition coefficient (Wildman–Crippen LogP) is 4.57. The largest absolute Gasteiger partial charge is 0.459 e. The van der Waals surface area contributed by atoms with Crippen LogP contribution in [0.4, 0.5) is 5.00 Å². The molecule has 2 atom stereocenters. The van der Waals surface area contributed by atoms with Gasteiger partial charge in [0.15, 0.2) is 5.76 Å². The fourth-order valence-electron chi connectivity index (χ4n) is 2.97. The van der Waals surface area contributed by atoms with E-state index in [-0.39, 0.29) is 18.0 Å². The summed E-state index contributed by atoms with van der Waals surface area (Å²) in [6, 6.07) is 3.21. The van der Waals surface area contributed by atoms with Crippen LogP contribution in [0.3, 0.4) is 0 Å². The molecule has 0 saturated heterocycles. The van der Waals surface area contributed by atoms with E-state index >= 15 is 0 Å². The van der Waals surface area contributed by atoms with Gasteiger partial charge in [0.25, 0.3) is 5.91 Å². The van der Waals surface area contributed by atoms with E-state index in [1.54, 1.807) is 12.1 Å². The first-order chi connectivity index (χ1) is 12.2. The van der Waals surface area contributed by atoms with Crippen LogP contribution in [0.15, 0.2) is 22.8 Å². The number of nitrogens with one attached hydrogen (secondary N) is 1. The summed E-state index contributed by atoms with van der Waals surface area (Å²) in [5.41, 5.74) is 0.684. The van der Waals surface area contributed by atoms with E-state index in [1.807, 2.05) is 34.6 Å². The lowest BCUT2D eigenvalue weighted by Gasteiger charge is -2.26. The highest BCUT2D eigenvalue weighted by atomic mass is 32.1. The lowest BCUT2D eigenvalue weighted by molar-refractivity contribution is -0.00384. The third-order valence-corrected chi connectivity index (χ3v) is 5.22. The van der Waals surface area contributed by atoms with Crippen LogP contribution >= 0.6 is 11.3 Å². The molecule has 3 rings (SSSR count). The second-order valence-corrected chi connectivity index (χ2v) is 8.43. The number of rotatable bonds is 3. The smallest absolute Gasteiger partial charge is 0.341 e. The van der Waals surface area contributed by atoms with Crippen molar-refractivity contribution in [3.05, 3.63) is 40.2 Å². The van der Waals surface area contributed by atoms with Gasteiger partial charge in [-0.15, -0.1) is 11.3 Å². The Bertz CT molecular complexity index is 816. The van der Waals surface area contributed by atoms with Crippen LogP contribution in [-0.2, 0) is 15.9 Å². The lowest BCUT2D eigenvalue weighted by Crippen LogP contribution is -2.27. The van der Waals surface area contributed by atoms with Crippen molar-refractivity contribution in [3.8, 4) is 0 Å². The van der Waals surface area contributed by atoms with Crippen LogP contribution in [0, 0.1) is 0 Å². The molecule has 1 amide bonds. The standard InChI is InChI=1S/C19H23NO5S/c1-10-9-12-14(18(22)25-19(3,4)5)17(26-15(12)11(2)24-10)20-16(21)13-7-6-8-23-13/h6-8,10-11H,9H2,1-5H3,(H,20,21)/t10-,11+/m1/s1. The van der Waals surface area contributed by atoms with Gasteiger partial charge in [-0.3, -0.25) is 4.79 Å². The van der Waals surface area contributed by atoms with Crippen molar-refractivity contribution in [3.63, 3.8) is 0 Å². The lowest BCUT2D eigenvalue weighted by atomic mass is 9.98. The quantitative estimate of drug-likeness (QED) is 0.793. The summed E-state index contributed by atoms with van der Waals surface area (Å²) >= 11 is 1.35. The third kappa shape index (κ3) is 3.83. The molecule has 0 bridgehead atoms. The third-order valence-electron chi connectivity index (χ3n) is 3.91. The Morgan fingerprint density at radius 1 is 1.31 bits per heavy atom. The number of hydrogen-bond donors (Lipinski definition) is 1. The number of fused-ring (bicyclic) bond motifs is 1. The Morgan fingerprint density at radius 3 is 2.65 bits per heavy atom. The highest BCUT2D eigenvalue weighted by molar-refractivity contribution is 7.17. The number of esters is 1. The number of thiophene rings is 1. The number of furan rings is 1. The topological polar surface area (TPSA) is 77.8 Å². The van der Waals surface area contributed by atoms with Crippen LogP contribution < -0.4 is 5.32 Å². The molecule has 0 saturated carbocycles. The van der Waals surface area contributed by atoms with Gasteiger partial charge in [-0.1, -0.05) is 0 Å². The van der Waals surface area contributed by atoms with Crippen molar-refractivity contribution >= 4 is 28.2 Å². The molecule has 140 valence electrons. The number of anilines is 1. The van der Waals surface area contributed by atoms with E-state index in [2.05, 4.69) is 5.32 Å². The van der Waals surface area contributed by atoms with Gasteiger partial charge in [-0.05, 0) is 52.3 Å². The molecular formula is C19H23NO5S. The van der Waals surface area contributed by atoms with E-state index in [4.69, 9.17) is 13.9 Å². The van der Waals surface area contributed by atoms with Crippen molar-refractivity contribution in [1.29, 1.82) is 0 Å². The molecule has 0 fully saturated rings. The van der Waals surface area contributed by atoms with Crippen molar-refractivity contribution < 1.29 is 23.5 Å². The summed E-state index contributed by atoms with van der Waals surface area (Å²) in [5, 5.41) is 3.27. The van der Waals surface area contributed by atoms with E-state index < -0.39 is 17.5 Å². The van der Waals surface area contributed by atoms with Crippen molar-refractivity contribution in [2.24, 2.45) is 0 Å². The molecule has 26 heavy (non-hydrogen) atoms. The Labute approximate surface area is 156 Å². The normalized spacial score (nSPS) is 19.7. The minimum absolute atomic E-state index is 0.0121. The second kappa shape index (κ2) is 6.89. The highest BCUT2D eigenvalue weighted by Gasteiger charge is 2.34. The van der Waals surface area contributed by atoms with Gasteiger partial charge in [0, 0.05) is 11.3 Å². The summed E-state index contributed by atoms with van der Waals surface area (Å²) in [6.45, 7) is 9.37. The summed E-state index contributed by atoms with van der Waals surface area (Å²) < 4.78 is 16.6. The molecule has 3 heterocycles. The van der Waals surface area contributed by atoms with Gasteiger partial charge < -0.3 is 19.2 Å². The number of carbonyl (C=O) groups is 2. The Morgan fingerprint density at radius 2 is 2.04 bits per heavy atom. The fourth-order valence-corrected chi connectivity index (χ4v) is 4.17. The molecule has 0 aromatic carbocycles. The van der Waals surface area contributed by atoms with Crippen LogP contribution in [0.25, 0.3) is 0 Å². The highest BCUT2D eigenvalue weighted by Crippen LogP contribution is 2.43. The van der Waals surface area contributed by atoms with Crippen LogP contribution in [0.1, 0.15) is 72.1 Å². The molecule has 0 aliphatic carbocycles. The first-order valence-electron chi connectivity index (χ1n) is 8.55. The minimum Gasteiger partial charge on any atom is -0.459 e. The zero-order valence-electron chi connectivity index (χ0n) is 15.5. The van der Waals surface area contributed by atoms with Gasteiger partial charge in [0.1, 0.15) is 10.6 Å². The molecule has 2 aromatic rings. The van der Waals surface area contributed by atoms with Crippen LogP contribution in [-0.4, -0.2) is 23.6 Å². The average molecular weight is 377 g/mol. The maximum atomic E-state index is 12.9. The summed E-state index contributed by atoms with van der Waals surface area (Å²) in [4.78, 5) is 26.2. The molecule has 6 nitrogen and oxygen atoms in total. The monoisotopic (exact) mass is 377 g/mol. The van der Waals surface area contributed by atoms with Gasteiger partial charge in [-0.25, -0.2) is 4.79 Å². The van der Waals surface area contributed by atoms with Crippen molar-refractivity contribution in [2.45, 2.75) is 58.8 Å². The number of carbonyl (C=O) groups excluding carboxylic acids is 2. The molecule has 1 aliphatic heterocycles. The Kier molecular flexibility index (Phi) is 4.94. The first kappa shape index (κ1) is 18.7. The minimum atomic E-state index is -0.628. The van der Waals surface area contributed by atoms with E-state index in [9.17, 15) is 9.59 Å². The zero-order chi connectivity index (χ0) is 19.1. The molecule has 0 unspecified atom stereocenters. The van der Waals surface area contributed by atoms with E-state index in [1.165, 1.54) is 17.6 Å². The Hall–Kier alpha value is -2.12. The van der Waals surface area contributed by atoms with Gasteiger partial charge in [0.05, 0.1) is 24.0 Å². The van der Waals surface area contributed by atoms with Crippen molar-refractivity contribution in [1.82, 2.24) is 0 Å². The van der Waals surface area contributed by atoms with Crippen LogP contribution in [0.5, 0.6) is 0 Å². The SMILES string of the molecule is C[C@@H]1Cc2c(sc(NC(=O)c3ccco3)c2C(=O)OC(C)(C)C)[C@H](C)O1. The van der Waals surface area contributed by atoms with Gasteiger partial charge in [-0.2, -0.15) is 0 Å².